The highest BCUT2D eigenvalue weighted by Gasteiger charge is 2.33. The van der Waals surface area contributed by atoms with E-state index in [2.05, 4.69) is 5.32 Å². The van der Waals surface area contributed by atoms with E-state index in [1.807, 2.05) is 62.4 Å². The van der Waals surface area contributed by atoms with E-state index in [4.69, 9.17) is 0 Å². The molecule has 1 fully saturated rings. The Morgan fingerprint density at radius 1 is 1.12 bits per heavy atom. The number of hydrogen-bond donors (Lipinski definition) is 1. The lowest BCUT2D eigenvalue weighted by atomic mass is 10.1. The van der Waals surface area contributed by atoms with E-state index in [9.17, 15) is 9.59 Å². The van der Waals surface area contributed by atoms with Crippen LogP contribution in [-0.4, -0.2) is 24.4 Å². The first kappa shape index (κ1) is 16.2. The summed E-state index contributed by atoms with van der Waals surface area (Å²) in [6.45, 7) is 4.64. The van der Waals surface area contributed by atoms with Gasteiger partial charge >= 0.3 is 0 Å². The van der Waals surface area contributed by atoms with Crippen molar-refractivity contribution in [3.63, 3.8) is 0 Å². The Morgan fingerprint density at radius 2 is 1.83 bits per heavy atom. The standard InChI is InChI=1S/C20H22N2O2/c1-14-7-9-17(10-8-14)22-12-11-18(20(22)24)21-19(23)13-16-6-4-3-5-15(16)2/h3-10,18H,11-13H2,1-2H3,(H,21,23)/t18-/m1/s1. The fourth-order valence-electron chi connectivity index (χ4n) is 3.02. The van der Waals surface area contributed by atoms with Gasteiger partial charge in [-0.25, -0.2) is 0 Å². The van der Waals surface area contributed by atoms with Crippen molar-refractivity contribution in [1.82, 2.24) is 5.32 Å². The molecule has 0 aromatic heterocycles. The Morgan fingerprint density at radius 3 is 2.54 bits per heavy atom. The van der Waals surface area contributed by atoms with Crippen molar-refractivity contribution in [1.29, 1.82) is 0 Å². The van der Waals surface area contributed by atoms with Gasteiger partial charge in [-0.15, -0.1) is 0 Å². The van der Waals surface area contributed by atoms with Crippen LogP contribution in [0.3, 0.4) is 0 Å². The summed E-state index contributed by atoms with van der Waals surface area (Å²) in [5.41, 5.74) is 4.14. The molecule has 0 radical (unpaired) electrons. The Balaban J connectivity index is 1.62. The molecule has 3 rings (SSSR count). The van der Waals surface area contributed by atoms with E-state index in [1.54, 1.807) is 4.90 Å². The summed E-state index contributed by atoms with van der Waals surface area (Å²) < 4.78 is 0. The third kappa shape index (κ3) is 3.48. The zero-order valence-electron chi connectivity index (χ0n) is 14.1. The highest BCUT2D eigenvalue weighted by atomic mass is 16.2. The molecule has 0 bridgehead atoms. The van der Waals surface area contributed by atoms with Crippen molar-refractivity contribution < 1.29 is 9.59 Å². The number of carbonyl (C=O) groups is 2. The van der Waals surface area contributed by atoms with Crippen LogP contribution in [0.2, 0.25) is 0 Å². The van der Waals surface area contributed by atoms with E-state index in [0.29, 0.717) is 19.4 Å². The minimum absolute atomic E-state index is 0.0306. The van der Waals surface area contributed by atoms with Crippen molar-refractivity contribution in [2.45, 2.75) is 32.7 Å². The van der Waals surface area contributed by atoms with Crippen molar-refractivity contribution in [2.24, 2.45) is 0 Å². The predicted molar refractivity (Wildman–Crippen MR) is 95.0 cm³/mol. The summed E-state index contributed by atoms with van der Waals surface area (Å²) in [5, 5.41) is 2.89. The van der Waals surface area contributed by atoms with Gasteiger partial charge in [-0.1, -0.05) is 42.0 Å². The maximum atomic E-state index is 12.6. The second-order valence-electron chi connectivity index (χ2n) is 6.34. The molecule has 2 aromatic rings. The number of nitrogens with one attached hydrogen (secondary N) is 1. The van der Waals surface area contributed by atoms with E-state index in [1.165, 1.54) is 0 Å². The van der Waals surface area contributed by atoms with Crippen LogP contribution >= 0.6 is 0 Å². The molecule has 0 spiro atoms. The second kappa shape index (κ2) is 6.87. The van der Waals surface area contributed by atoms with Gasteiger partial charge < -0.3 is 10.2 Å². The molecule has 4 heteroatoms. The molecule has 1 atom stereocenters. The van der Waals surface area contributed by atoms with Gasteiger partial charge in [-0.2, -0.15) is 0 Å². The fourth-order valence-corrected chi connectivity index (χ4v) is 3.02. The molecular formula is C20H22N2O2. The molecule has 0 aliphatic carbocycles. The zero-order chi connectivity index (χ0) is 17.1. The van der Waals surface area contributed by atoms with Crippen LogP contribution in [0.1, 0.15) is 23.1 Å². The third-order valence-electron chi connectivity index (χ3n) is 4.50. The summed E-state index contributed by atoms with van der Waals surface area (Å²) >= 11 is 0. The van der Waals surface area contributed by atoms with Crippen LogP contribution in [0.25, 0.3) is 0 Å². The van der Waals surface area contributed by atoms with Gasteiger partial charge in [0.15, 0.2) is 0 Å². The van der Waals surface area contributed by atoms with Gasteiger partial charge in [0, 0.05) is 12.2 Å². The van der Waals surface area contributed by atoms with Gasteiger partial charge in [0.1, 0.15) is 6.04 Å². The van der Waals surface area contributed by atoms with Gasteiger partial charge in [-0.3, -0.25) is 9.59 Å². The fraction of sp³-hybridized carbons (Fsp3) is 0.300. The highest BCUT2D eigenvalue weighted by Crippen LogP contribution is 2.22. The number of benzene rings is 2. The lowest BCUT2D eigenvalue weighted by Gasteiger charge is -2.17. The number of rotatable bonds is 4. The van der Waals surface area contributed by atoms with Crippen LogP contribution in [0.4, 0.5) is 5.69 Å². The Bertz CT molecular complexity index is 752. The van der Waals surface area contributed by atoms with E-state index in [-0.39, 0.29) is 11.8 Å². The third-order valence-corrected chi connectivity index (χ3v) is 4.50. The molecule has 24 heavy (non-hydrogen) atoms. The highest BCUT2D eigenvalue weighted by molar-refractivity contribution is 6.01. The van der Waals surface area contributed by atoms with E-state index < -0.39 is 6.04 Å². The van der Waals surface area contributed by atoms with Crippen molar-refractivity contribution in [2.75, 3.05) is 11.4 Å². The number of anilines is 1. The molecule has 1 aliphatic heterocycles. The average Bonchev–Trinajstić information content (AvgIpc) is 2.91. The summed E-state index contributed by atoms with van der Waals surface area (Å²) in [6, 6.07) is 15.3. The molecule has 124 valence electrons. The Kier molecular flexibility index (Phi) is 4.65. The van der Waals surface area contributed by atoms with Crippen LogP contribution in [0, 0.1) is 13.8 Å². The van der Waals surface area contributed by atoms with Crippen molar-refractivity contribution in [3.8, 4) is 0 Å². The maximum Gasteiger partial charge on any atom is 0.249 e. The number of aryl methyl sites for hydroxylation is 2. The number of carbonyl (C=O) groups excluding carboxylic acids is 2. The molecule has 2 amide bonds. The first-order chi connectivity index (χ1) is 11.5. The molecular weight excluding hydrogens is 300 g/mol. The lowest BCUT2D eigenvalue weighted by Crippen LogP contribution is -2.42. The number of amides is 2. The molecule has 1 N–H and O–H groups in total. The number of hydrogen-bond acceptors (Lipinski definition) is 2. The summed E-state index contributed by atoms with van der Waals surface area (Å²) in [5.74, 6) is -0.134. The monoisotopic (exact) mass is 322 g/mol. The first-order valence-corrected chi connectivity index (χ1v) is 8.26. The summed E-state index contributed by atoms with van der Waals surface area (Å²) in [6.07, 6.45) is 0.952. The average molecular weight is 322 g/mol. The molecule has 0 unspecified atom stereocenters. The number of nitrogens with zero attached hydrogens (tertiary/aromatic N) is 1. The minimum atomic E-state index is -0.428. The van der Waals surface area contributed by atoms with Crippen LogP contribution < -0.4 is 10.2 Å². The largest absolute Gasteiger partial charge is 0.344 e. The molecule has 0 saturated carbocycles. The van der Waals surface area contributed by atoms with Crippen LogP contribution in [0.5, 0.6) is 0 Å². The smallest absolute Gasteiger partial charge is 0.249 e. The van der Waals surface area contributed by atoms with Gasteiger partial charge in [0.2, 0.25) is 11.8 Å². The molecule has 1 aliphatic rings. The van der Waals surface area contributed by atoms with E-state index >= 15 is 0 Å². The quantitative estimate of drug-likeness (QED) is 0.941. The summed E-state index contributed by atoms with van der Waals surface area (Å²) in [4.78, 5) is 26.6. The van der Waals surface area contributed by atoms with Gasteiger partial charge in [-0.05, 0) is 43.5 Å². The maximum absolute atomic E-state index is 12.6. The zero-order valence-corrected chi connectivity index (χ0v) is 14.1. The first-order valence-electron chi connectivity index (χ1n) is 8.26. The summed E-state index contributed by atoms with van der Waals surface area (Å²) in [7, 11) is 0. The Hall–Kier alpha value is -2.62. The predicted octanol–water partition coefficient (Wildman–Crippen LogP) is 2.77. The normalized spacial score (nSPS) is 17.2. The topological polar surface area (TPSA) is 49.4 Å². The molecule has 4 nitrogen and oxygen atoms in total. The van der Waals surface area contributed by atoms with Gasteiger partial charge in [0.05, 0.1) is 6.42 Å². The van der Waals surface area contributed by atoms with Crippen LogP contribution in [0.15, 0.2) is 48.5 Å². The molecule has 1 saturated heterocycles. The Labute approximate surface area is 142 Å². The second-order valence-corrected chi connectivity index (χ2v) is 6.34. The molecule has 2 aromatic carbocycles. The van der Waals surface area contributed by atoms with E-state index in [0.717, 1.165) is 22.4 Å². The van der Waals surface area contributed by atoms with Gasteiger partial charge in [0.25, 0.3) is 0 Å². The minimum Gasteiger partial charge on any atom is -0.344 e. The van der Waals surface area contributed by atoms with Crippen LogP contribution in [-0.2, 0) is 16.0 Å². The lowest BCUT2D eigenvalue weighted by molar-refractivity contribution is -0.126. The molecule has 1 heterocycles. The van der Waals surface area contributed by atoms with Crippen molar-refractivity contribution in [3.05, 3.63) is 65.2 Å². The SMILES string of the molecule is Cc1ccc(N2CC[C@@H](NC(=O)Cc3ccccc3C)C2=O)cc1. The van der Waals surface area contributed by atoms with Crippen molar-refractivity contribution >= 4 is 17.5 Å².